The summed E-state index contributed by atoms with van der Waals surface area (Å²) >= 11 is 0. The fourth-order valence-electron chi connectivity index (χ4n) is 4.07. The van der Waals surface area contributed by atoms with Gasteiger partial charge in [-0.15, -0.1) is 0 Å². The van der Waals surface area contributed by atoms with Gasteiger partial charge in [0.25, 0.3) is 0 Å². The maximum Gasteiger partial charge on any atom is 0.0309 e. The van der Waals surface area contributed by atoms with Crippen LogP contribution in [0, 0.1) is 11.3 Å². The van der Waals surface area contributed by atoms with Gasteiger partial charge in [-0.2, -0.15) is 0 Å². The van der Waals surface area contributed by atoms with Crippen molar-refractivity contribution in [3.05, 3.63) is 0 Å². The molecule has 2 heteroatoms. The number of hydrogen-bond donors (Lipinski definition) is 1. The average Bonchev–Trinajstić information content (AvgIpc) is 2.39. The van der Waals surface area contributed by atoms with Gasteiger partial charge in [-0.1, -0.05) is 53.9 Å². The van der Waals surface area contributed by atoms with Gasteiger partial charge in [0, 0.05) is 31.2 Å². The van der Waals surface area contributed by atoms with E-state index in [4.69, 9.17) is 0 Å². The molecule has 2 fully saturated rings. The number of nitrogens with zero attached hydrogens (tertiary/aromatic N) is 1. The lowest BCUT2D eigenvalue weighted by atomic mass is 9.77. The lowest BCUT2D eigenvalue weighted by Gasteiger charge is -2.52. The summed E-state index contributed by atoms with van der Waals surface area (Å²) in [6.07, 6.45) is 8.34. The summed E-state index contributed by atoms with van der Waals surface area (Å²) in [5.41, 5.74) is 0.883. The Bertz CT molecular complexity index is 303. The van der Waals surface area contributed by atoms with E-state index in [0.717, 1.165) is 5.92 Å². The molecule has 1 atom stereocenters. The molecule has 1 aliphatic heterocycles. The summed E-state index contributed by atoms with van der Waals surface area (Å²) in [6.45, 7) is 15.7. The first-order valence-electron chi connectivity index (χ1n) is 8.87. The third-order valence-electron chi connectivity index (χ3n) is 5.83. The van der Waals surface area contributed by atoms with E-state index < -0.39 is 0 Å². The highest BCUT2D eigenvalue weighted by Crippen LogP contribution is 2.35. The van der Waals surface area contributed by atoms with E-state index >= 15 is 0 Å². The smallest absolute Gasteiger partial charge is 0.0309 e. The van der Waals surface area contributed by atoms with E-state index in [1.807, 2.05) is 0 Å². The van der Waals surface area contributed by atoms with Crippen LogP contribution in [-0.4, -0.2) is 36.1 Å². The minimum absolute atomic E-state index is 0.438. The van der Waals surface area contributed by atoms with Gasteiger partial charge in [0.05, 0.1) is 0 Å². The van der Waals surface area contributed by atoms with Crippen LogP contribution in [0.5, 0.6) is 0 Å². The Morgan fingerprint density at radius 2 is 1.85 bits per heavy atom. The molecular weight excluding hydrogens is 244 g/mol. The standard InChI is InChI=1S/C18H36N2/c1-6-17(4,5)13-20-14-18(10-8-7-9-11-18)19-12-16(20)15(2)3/h15-16,19H,6-14H2,1-5H3. The van der Waals surface area contributed by atoms with Crippen LogP contribution in [-0.2, 0) is 0 Å². The van der Waals surface area contributed by atoms with E-state index in [1.165, 1.54) is 58.2 Å². The second kappa shape index (κ2) is 6.36. The predicted molar refractivity (Wildman–Crippen MR) is 88.1 cm³/mol. The number of nitrogens with one attached hydrogen (secondary N) is 1. The highest BCUT2D eigenvalue weighted by atomic mass is 15.3. The molecule has 1 saturated carbocycles. The predicted octanol–water partition coefficient (Wildman–Crippen LogP) is 4.06. The van der Waals surface area contributed by atoms with Crippen LogP contribution in [0.3, 0.4) is 0 Å². The molecule has 0 aromatic carbocycles. The summed E-state index contributed by atoms with van der Waals surface area (Å²) in [6, 6.07) is 0.716. The quantitative estimate of drug-likeness (QED) is 0.835. The molecule has 1 unspecified atom stereocenters. The van der Waals surface area contributed by atoms with Crippen molar-refractivity contribution < 1.29 is 0 Å². The number of rotatable bonds is 4. The van der Waals surface area contributed by atoms with Crippen molar-refractivity contribution in [1.82, 2.24) is 10.2 Å². The number of hydrogen-bond acceptors (Lipinski definition) is 2. The summed E-state index contributed by atoms with van der Waals surface area (Å²) in [5.74, 6) is 0.746. The Kier molecular flexibility index (Phi) is 5.18. The van der Waals surface area contributed by atoms with Gasteiger partial charge < -0.3 is 5.32 Å². The maximum absolute atomic E-state index is 3.96. The van der Waals surface area contributed by atoms with Gasteiger partial charge in [0.15, 0.2) is 0 Å². The van der Waals surface area contributed by atoms with E-state index in [2.05, 4.69) is 44.8 Å². The van der Waals surface area contributed by atoms with Crippen molar-refractivity contribution in [3.63, 3.8) is 0 Å². The first kappa shape index (κ1) is 16.3. The van der Waals surface area contributed by atoms with Crippen molar-refractivity contribution in [2.45, 2.75) is 84.7 Å². The monoisotopic (exact) mass is 280 g/mol. The van der Waals surface area contributed by atoms with Gasteiger partial charge in [0.2, 0.25) is 0 Å². The molecular formula is C18H36N2. The zero-order chi connectivity index (χ0) is 14.8. The van der Waals surface area contributed by atoms with E-state index in [-0.39, 0.29) is 0 Å². The van der Waals surface area contributed by atoms with Gasteiger partial charge >= 0.3 is 0 Å². The molecule has 2 nitrogen and oxygen atoms in total. The summed E-state index contributed by atoms with van der Waals surface area (Å²) in [5, 5.41) is 3.96. The first-order valence-corrected chi connectivity index (χ1v) is 8.87. The maximum atomic E-state index is 3.96. The van der Waals surface area contributed by atoms with Crippen molar-refractivity contribution in [1.29, 1.82) is 0 Å². The van der Waals surface area contributed by atoms with E-state index in [9.17, 15) is 0 Å². The van der Waals surface area contributed by atoms with Crippen LogP contribution in [0.2, 0.25) is 0 Å². The fourth-order valence-corrected chi connectivity index (χ4v) is 4.07. The van der Waals surface area contributed by atoms with Crippen LogP contribution >= 0.6 is 0 Å². The molecule has 0 aromatic rings. The number of piperazine rings is 1. The second-order valence-electron chi connectivity index (χ2n) is 8.46. The molecule has 1 heterocycles. The van der Waals surface area contributed by atoms with Crippen LogP contribution in [0.4, 0.5) is 0 Å². The summed E-state index contributed by atoms with van der Waals surface area (Å²) in [4.78, 5) is 2.83. The third-order valence-corrected chi connectivity index (χ3v) is 5.83. The molecule has 20 heavy (non-hydrogen) atoms. The molecule has 0 bridgehead atoms. The van der Waals surface area contributed by atoms with Crippen molar-refractivity contribution in [3.8, 4) is 0 Å². The third kappa shape index (κ3) is 3.76. The first-order chi connectivity index (χ1) is 9.37. The van der Waals surface area contributed by atoms with Crippen molar-refractivity contribution >= 4 is 0 Å². The topological polar surface area (TPSA) is 15.3 Å². The summed E-state index contributed by atoms with van der Waals surface area (Å²) in [7, 11) is 0. The molecule has 1 spiro atoms. The van der Waals surface area contributed by atoms with E-state index in [0.29, 0.717) is 17.0 Å². The SMILES string of the molecule is CCC(C)(C)CN1CC2(CCCCC2)NCC1C(C)C. The highest BCUT2D eigenvalue weighted by Gasteiger charge is 2.41. The Hall–Kier alpha value is -0.0800. The van der Waals surface area contributed by atoms with Gasteiger partial charge in [-0.25, -0.2) is 0 Å². The minimum atomic E-state index is 0.438. The Labute approximate surface area is 126 Å². The fraction of sp³-hybridized carbons (Fsp3) is 1.00. The average molecular weight is 280 g/mol. The molecule has 0 radical (unpaired) electrons. The molecule has 1 N–H and O–H groups in total. The van der Waals surface area contributed by atoms with Gasteiger partial charge in [-0.05, 0) is 30.6 Å². The van der Waals surface area contributed by atoms with Crippen LogP contribution in [0.15, 0.2) is 0 Å². The zero-order valence-electron chi connectivity index (χ0n) is 14.5. The van der Waals surface area contributed by atoms with Gasteiger partial charge in [0.1, 0.15) is 0 Å². The minimum Gasteiger partial charge on any atom is -0.308 e. The zero-order valence-corrected chi connectivity index (χ0v) is 14.5. The lowest BCUT2D eigenvalue weighted by molar-refractivity contribution is 0.0120. The Morgan fingerprint density at radius 1 is 1.20 bits per heavy atom. The lowest BCUT2D eigenvalue weighted by Crippen LogP contribution is -2.66. The van der Waals surface area contributed by atoms with Crippen molar-refractivity contribution in [2.75, 3.05) is 19.6 Å². The van der Waals surface area contributed by atoms with Crippen LogP contribution in [0.1, 0.15) is 73.1 Å². The highest BCUT2D eigenvalue weighted by molar-refractivity contribution is 5.01. The summed E-state index contributed by atoms with van der Waals surface area (Å²) < 4.78 is 0. The molecule has 118 valence electrons. The Balaban J connectivity index is 2.09. The van der Waals surface area contributed by atoms with E-state index in [1.54, 1.807) is 0 Å². The molecule has 2 rings (SSSR count). The Morgan fingerprint density at radius 3 is 2.40 bits per heavy atom. The van der Waals surface area contributed by atoms with Crippen LogP contribution < -0.4 is 5.32 Å². The van der Waals surface area contributed by atoms with Crippen LogP contribution in [0.25, 0.3) is 0 Å². The largest absolute Gasteiger partial charge is 0.308 e. The molecule has 1 saturated heterocycles. The molecule has 2 aliphatic rings. The second-order valence-corrected chi connectivity index (χ2v) is 8.46. The molecule has 0 aromatic heterocycles. The molecule has 1 aliphatic carbocycles. The molecule has 0 amide bonds. The normalized spacial score (nSPS) is 28.2. The van der Waals surface area contributed by atoms with Gasteiger partial charge in [-0.3, -0.25) is 4.90 Å². The van der Waals surface area contributed by atoms with Crippen molar-refractivity contribution in [2.24, 2.45) is 11.3 Å².